The molecule has 0 aliphatic carbocycles. The number of amides is 1. The first-order valence-electron chi connectivity index (χ1n) is 5.29. The number of aromatic nitrogens is 1. The van der Waals surface area contributed by atoms with Gasteiger partial charge in [-0.25, -0.2) is 0 Å². The molecule has 0 saturated carbocycles. The number of nitrogens with one attached hydrogen (secondary N) is 1. The third-order valence-electron chi connectivity index (χ3n) is 2.40. The zero-order chi connectivity index (χ0) is 13.8. The third kappa shape index (κ3) is 2.86. The normalized spacial score (nSPS) is 10.1. The summed E-state index contributed by atoms with van der Waals surface area (Å²) in [6.07, 6.45) is 1.46. The van der Waals surface area contributed by atoms with Crippen LogP contribution in [0.25, 0.3) is 0 Å². The van der Waals surface area contributed by atoms with Crippen molar-refractivity contribution in [1.82, 2.24) is 10.5 Å². The van der Waals surface area contributed by atoms with E-state index in [4.69, 9.17) is 10.3 Å². The fourth-order valence-electron chi connectivity index (χ4n) is 1.46. The Labute approximate surface area is 107 Å². The Morgan fingerprint density at radius 2 is 2.26 bits per heavy atom. The van der Waals surface area contributed by atoms with Gasteiger partial charge in [-0.1, -0.05) is 5.16 Å². The predicted octanol–water partition coefficient (Wildman–Crippen LogP) is 1.09. The van der Waals surface area contributed by atoms with Crippen LogP contribution in [0.1, 0.15) is 16.1 Å². The second kappa shape index (κ2) is 5.17. The minimum atomic E-state index is -0.606. The average molecular weight is 262 g/mol. The van der Waals surface area contributed by atoms with Gasteiger partial charge in [0, 0.05) is 17.7 Å². The second-order valence-corrected chi connectivity index (χ2v) is 3.69. The highest BCUT2D eigenvalue weighted by atomic mass is 16.6. The summed E-state index contributed by atoms with van der Waals surface area (Å²) < 4.78 is 4.82. The van der Waals surface area contributed by atoms with Gasteiger partial charge in [0.2, 0.25) is 0 Å². The van der Waals surface area contributed by atoms with Crippen molar-refractivity contribution < 1.29 is 14.2 Å². The molecule has 19 heavy (non-hydrogen) atoms. The third-order valence-corrected chi connectivity index (χ3v) is 2.40. The maximum atomic E-state index is 11.8. The lowest BCUT2D eigenvalue weighted by Gasteiger charge is -2.04. The zero-order valence-corrected chi connectivity index (χ0v) is 9.70. The number of carbonyl (C=O) groups is 1. The van der Waals surface area contributed by atoms with Crippen LogP contribution >= 0.6 is 0 Å². The summed E-state index contributed by atoms with van der Waals surface area (Å²) >= 11 is 0. The Hall–Kier alpha value is -2.90. The number of hydrogen-bond acceptors (Lipinski definition) is 6. The maximum Gasteiger partial charge on any atom is 0.292 e. The number of rotatable bonds is 4. The van der Waals surface area contributed by atoms with Gasteiger partial charge in [0.15, 0.2) is 5.76 Å². The lowest BCUT2D eigenvalue weighted by molar-refractivity contribution is -0.383. The van der Waals surface area contributed by atoms with Crippen LogP contribution in [0.5, 0.6) is 0 Å². The topological polar surface area (TPSA) is 124 Å². The van der Waals surface area contributed by atoms with Gasteiger partial charge in [-0.3, -0.25) is 14.9 Å². The Bertz CT molecular complexity index is 609. The molecule has 0 bridgehead atoms. The van der Waals surface area contributed by atoms with Crippen molar-refractivity contribution in [2.75, 3.05) is 5.73 Å². The molecule has 1 amide bonds. The van der Waals surface area contributed by atoms with E-state index in [0.717, 1.165) is 0 Å². The quantitative estimate of drug-likeness (QED) is 0.482. The van der Waals surface area contributed by atoms with Gasteiger partial charge in [-0.15, -0.1) is 0 Å². The molecule has 0 saturated heterocycles. The summed E-state index contributed by atoms with van der Waals surface area (Å²) in [7, 11) is 0. The molecule has 1 aromatic heterocycles. The number of carbonyl (C=O) groups excluding carboxylic acids is 1. The minimum Gasteiger partial charge on any atom is -0.393 e. The first kappa shape index (κ1) is 12.6. The molecule has 2 aromatic rings. The molecule has 1 heterocycles. The second-order valence-electron chi connectivity index (χ2n) is 3.69. The summed E-state index contributed by atoms with van der Waals surface area (Å²) in [5.41, 5.74) is 5.45. The number of nitrogens with zero attached hydrogens (tertiary/aromatic N) is 2. The number of benzene rings is 1. The lowest BCUT2D eigenvalue weighted by atomic mass is 10.1. The van der Waals surface area contributed by atoms with E-state index in [2.05, 4.69) is 10.5 Å². The van der Waals surface area contributed by atoms with Crippen molar-refractivity contribution in [1.29, 1.82) is 0 Å². The van der Waals surface area contributed by atoms with Crippen LogP contribution < -0.4 is 11.1 Å². The average Bonchev–Trinajstić information content (AvgIpc) is 2.88. The van der Waals surface area contributed by atoms with Gasteiger partial charge in [0.25, 0.3) is 11.6 Å². The van der Waals surface area contributed by atoms with Gasteiger partial charge in [-0.2, -0.15) is 0 Å². The van der Waals surface area contributed by atoms with E-state index in [1.165, 1.54) is 24.4 Å². The highest BCUT2D eigenvalue weighted by molar-refractivity contribution is 5.95. The molecule has 8 heteroatoms. The fourth-order valence-corrected chi connectivity index (χ4v) is 1.46. The van der Waals surface area contributed by atoms with Crippen LogP contribution in [-0.2, 0) is 6.54 Å². The fraction of sp³-hybridized carbons (Fsp3) is 0.0909. The minimum absolute atomic E-state index is 0.0580. The SMILES string of the molecule is Nc1cc(C(=O)NCc2ccno2)ccc1[N+](=O)[O-]. The van der Waals surface area contributed by atoms with E-state index in [0.29, 0.717) is 5.76 Å². The summed E-state index contributed by atoms with van der Waals surface area (Å²) in [6, 6.07) is 5.40. The first-order chi connectivity index (χ1) is 9.08. The molecule has 0 radical (unpaired) electrons. The Kier molecular flexibility index (Phi) is 3.42. The number of nitro groups is 1. The van der Waals surface area contributed by atoms with Crippen molar-refractivity contribution in [3.63, 3.8) is 0 Å². The molecule has 0 atom stereocenters. The van der Waals surface area contributed by atoms with E-state index in [1.54, 1.807) is 6.07 Å². The monoisotopic (exact) mass is 262 g/mol. The van der Waals surface area contributed by atoms with Crippen LogP contribution in [-0.4, -0.2) is 16.0 Å². The highest BCUT2D eigenvalue weighted by Gasteiger charge is 2.14. The molecular weight excluding hydrogens is 252 g/mol. The molecule has 0 unspecified atom stereocenters. The van der Waals surface area contributed by atoms with Crippen molar-refractivity contribution in [3.8, 4) is 0 Å². The summed E-state index contributed by atoms with van der Waals surface area (Å²) in [5, 5.41) is 16.7. The highest BCUT2D eigenvalue weighted by Crippen LogP contribution is 2.21. The molecule has 0 aliphatic rings. The van der Waals surface area contributed by atoms with Crippen LogP contribution in [0.15, 0.2) is 35.0 Å². The van der Waals surface area contributed by atoms with E-state index in [1.807, 2.05) is 0 Å². The van der Waals surface area contributed by atoms with E-state index >= 15 is 0 Å². The van der Waals surface area contributed by atoms with Crippen molar-refractivity contribution in [2.45, 2.75) is 6.54 Å². The van der Waals surface area contributed by atoms with Crippen molar-refractivity contribution >= 4 is 17.3 Å². The molecule has 2 rings (SSSR count). The Balaban J connectivity index is 2.07. The Morgan fingerprint density at radius 3 is 2.84 bits per heavy atom. The number of hydrogen-bond donors (Lipinski definition) is 2. The number of nitrogens with two attached hydrogens (primary N) is 1. The van der Waals surface area contributed by atoms with Crippen LogP contribution in [0.4, 0.5) is 11.4 Å². The van der Waals surface area contributed by atoms with Gasteiger partial charge < -0.3 is 15.6 Å². The molecule has 98 valence electrons. The molecule has 3 N–H and O–H groups in total. The van der Waals surface area contributed by atoms with Gasteiger partial charge in [-0.05, 0) is 12.1 Å². The van der Waals surface area contributed by atoms with Gasteiger partial charge in [0.1, 0.15) is 5.69 Å². The first-order valence-corrected chi connectivity index (χ1v) is 5.29. The van der Waals surface area contributed by atoms with Gasteiger partial charge >= 0.3 is 0 Å². The lowest BCUT2D eigenvalue weighted by Crippen LogP contribution is -2.22. The maximum absolute atomic E-state index is 11.8. The summed E-state index contributed by atoms with van der Waals surface area (Å²) in [6.45, 7) is 0.176. The molecule has 1 aromatic carbocycles. The smallest absolute Gasteiger partial charge is 0.292 e. The molecular formula is C11H10N4O4. The predicted molar refractivity (Wildman–Crippen MR) is 65.2 cm³/mol. The largest absolute Gasteiger partial charge is 0.393 e. The molecule has 0 aliphatic heterocycles. The Morgan fingerprint density at radius 1 is 1.47 bits per heavy atom. The van der Waals surface area contributed by atoms with E-state index in [9.17, 15) is 14.9 Å². The van der Waals surface area contributed by atoms with Crippen LogP contribution in [0.2, 0.25) is 0 Å². The number of nitrogen functional groups attached to an aromatic ring is 1. The standard InChI is InChI=1S/C11H10N4O4/c12-9-5-7(1-2-10(9)15(17)18)11(16)13-6-8-3-4-14-19-8/h1-5H,6,12H2,(H,13,16). The molecule has 8 nitrogen and oxygen atoms in total. The van der Waals surface area contributed by atoms with Gasteiger partial charge in [0.05, 0.1) is 17.7 Å². The summed E-state index contributed by atoms with van der Waals surface area (Å²) in [5.74, 6) is 0.0984. The van der Waals surface area contributed by atoms with E-state index in [-0.39, 0.29) is 23.5 Å². The molecule has 0 fully saturated rings. The summed E-state index contributed by atoms with van der Waals surface area (Å²) in [4.78, 5) is 21.8. The van der Waals surface area contributed by atoms with Crippen LogP contribution in [0, 0.1) is 10.1 Å². The van der Waals surface area contributed by atoms with Crippen molar-refractivity contribution in [2.24, 2.45) is 0 Å². The van der Waals surface area contributed by atoms with E-state index < -0.39 is 10.8 Å². The number of anilines is 1. The molecule has 0 spiro atoms. The zero-order valence-electron chi connectivity index (χ0n) is 9.70. The van der Waals surface area contributed by atoms with Crippen molar-refractivity contribution in [3.05, 3.63) is 51.9 Å². The number of nitro benzene ring substituents is 1. The van der Waals surface area contributed by atoms with Crippen LogP contribution in [0.3, 0.4) is 0 Å².